The summed E-state index contributed by atoms with van der Waals surface area (Å²) in [4.78, 5) is 24.6. The van der Waals surface area contributed by atoms with Crippen LogP contribution in [0, 0.1) is 22.7 Å². The smallest absolute Gasteiger partial charge is 0.335 e. The van der Waals surface area contributed by atoms with Gasteiger partial charge in [0.05, 0.1) is 22.9 Å². The molecule has 0 fully saturated rings. The third kappa shape index (κ3) is 2.08. The van der Waals surface area contributed by atoms with Crippen LogP contribution in [0.5, 0.6) is 5.88 Å². The number of nitrogens with one attached hydrogen (secondary N) is 1. The fourth-order valence-electron chi connectivity index (χ4n) is 1.59. The van der Waals surface area contributed by atoms with Gasteiger partial charge in [-0.05, 0) is 18.2 Å². The summed E-state index contributed by atoms with van der Waals surface area (Å²) in [7, 11) is 0. The Labute approximate surface area is 106 Å². The second kappa shape index (κ2) is 4.51. The first-order chi connectivity index (χ1) is 9.06. The van der Waals surface area contributed by atoms with Crippen molar-refractivity contribution in [3.05, 3.63) is 56.2 Å². The van der Waals surface area contributed by atoms with Gasteiger partial charge in [-0.15, -0.1) is 0 Å². The van der Waals surface area contributed by atoms with Crippen LogP contribution in [-0.4, -0.2) is 14.7 Å². The number of nitrogens with zero attached hydrogens (tertiary/aromatic N) is 3. The molecular weight excluding hydrogens is 248 g/mol. The van der Waals surface area contributed by atoms with Crippen LogP contribution in [0.3, 0.4) is 0 Å². The van der Waals surface area contributed by atoms with Gasteiger partial charge in [-0.2, -0.15) is 10.5 Å². The van der Waals surface area contributed by atoms with Gasteiger partial charge in [-0.25, -0.2) is 9.36 Å². The molecule has 0 spiro atoms. The van der Waals surface area contributed by atoms with Crippen molar-refractivity contribution in [3.63, 3.8) is 0 Å². The molecule has 0 amide bonds. The van der Waals surface area contributed by atoms with Crippen LogP contribution >= 0.6 is 0 Å². The van der Waals surface area contributed by atoms with Gasteiger partial charge in [0.1, 0.15) is 12.1 Å². The van der Waals surface area contributed by atoms with Crippen LogP contribution in [0.25, 0.3) is 5.69 Å². The predicted molar refractivity (Wildman–Crippen MR) is 63.8 cm³/mol. The second-order valence-corrected chi connectivity index (χ2v) is 3.59. The van der Waals surface area contributed by atoms with E-state index in [1.807, 2.05) is 17.1 Å². The summed E-state index contributed by atoms with van der Waals surface area (Å²) in [6.45, 7) is 0. The molecule has 7 heteroatoms. The molecule has 2 aromatic rings. The van der Waals surface area contributed by atoms with Crippen molar-refractivity contribution in [3.8, 4) is 23.7 Å². The van der Waals surface area contributed by atoms with Crippen LogP contribution in [0.4, 0.5) is 0 Å². The molecule has 0 radical (unpaired) electrons. The molecule has 0 saturated heterocycles. The summed E-state index contributed by atoms with van der Waals surface area (Å²) in [5.41, 5.74) is -1.17. The zero-order valence-corrected chi connectivity index (χ0v) is 9.41. The summed E-state index contributed by atoms with van der Waals surface area (Å²) in [6, 6.07) is 8.50. The van der Waals surface area contributed by atoms with E-state index in [1.54, 1.807) is 0 Å². The van der Waals surface area contributed by atoms with E-state index >= 15 is 0 Å². The van der Waals surface area contributed by atoms with Crippen molar-refractivity contribution >= 4 is 0 Å². The minimum absolute atomic E-state index is 0.0671. The highest BCUT2D eigenvalue weighted by Crippen LogP contribution is 2.16. The van der Waals surface area contributed by atoms with Crippen molar-refractivity contribution in [1.82, 2.24) is 9.55 Å². The van der Waals surface area contributed by atoms with Crippen molar-refractivity contribution in [1.29, 1.82) is 10.5 Å². The molecule has 0 aliphatic rings. The molecule has 2 N–H and O–H groups in total. The zero-order chi connectivity index (χ0) is 14.0. The number of aromatic nitrogens is 2. The molecule has 19 heavy (non-hydrogen) atoms. The number of H-pyrrole nitrogens is 1. The lowest BCUT2D eigenvalue weighted by Gasteiger charge is -2.07. The van der Waals surface area contributed by atoms with Crippen LogP contribution in [-0.2, 0) is 0 Å². The van der Waals surface area contributed by atoms with Gasteiger partial charge in [0, 0.05) is 0 Å². The number of nitriles is 2. The molecule has 0 aliphatic heterocycles. The zero-order valence-electron chi connectivity index (χ0n) is 9.41. The maximum atomic E-state index is 11.6. The number of hydrogen-bond acceptors (Lipinski definition) is 5. The minimum atomic E-state index is -0.835. The minimum Gasteiger partial charge on any atom is -0.494 e. The molecule has 1 aromatic carbocycles. The van der Waals surface area contributed by atoms with Crippen molar-refractivity contribution in [2.45, 2.75) is 0 Å². The molecule has 0 atom stereocenters. The molecule has 0 saturated carbocycles. The van der Waals surface area contributed by atoms with Crippen molar-refractivity contribution in [2.24, 2.45) is 0 Å². The first-order valence-corrected chi connectivity index (χ1v) is 5.07. The number of aromatic amines is 1. The molecule has 92 valence electrons. The quantitative estimate of drug-likeness (QED) is 0.740. The molecule has 0 unspecified atom stereocenters. The van der Waals surface area contributed by atoms with Crippen LogP contribution in [0.15, 0.2) is 33.9 Å². The number of rotatable bonds is 1. The Hall–Kier alpha value is -3.32. The molecule has 1 aromatic heterocycles. The Morgan fingerprint density at radius 2 is 1.79 bits per heavy atom. The van der Waals surface area contributed by atoms with Gasteiger partial charge in [0.2, 0.25) is 5.88 Å². The summed E-state index contributed by atoms with van der Waals surface area (Å²) < 4.78 is 0.823. The highest BCUT2D eigenvalue weighted by molar-refractivity contribution is 5.52. The number of aromatic hydroxyl groups is 1. The Morgan fingerprint density at radius 3 is 2.37 bits per heavy atom. The molecule has 2 rings (SSSR count). The summed E-state index contributed by atoms with van der Waals surface area (Å²) >= 11 is 0. The third-order valence-corrected chi connectivity index (χ3v) is 2.42. The first-order valence-electron chi connectivity index (χ1n) is 5.07. The Kier molecular flexibility index (Phi) is 2.88. The first kappa shape index (κ1) is 12.1. The van der Waals surface area contributed by atoms with Gasteiger partial charge < -0.3 is 5.11 Å². The summed E-state index contributed by atoms with van der Waals surface area (Å²) in [5, 5.41) is 27.3. The van der Waals surface area contributed by atoms with Gasteiger partial charge >= 0.3 is 5.69 Å². The fourth-order valence-corrected chi connectivity index (χ4v) is 1.59. The van der Waals surface area contributed by atoms with E-state index in [-0.39, 0.29) is 16.8 Å². The van der Waals surface area contributed by atoms with E-state index in [0.717, 1.165) is 10.6 Å². The molecule has 1 heterocycles. The van der Waals surface area contributed by atoms with E-state index in [1.165, 1.54) is 18.2 Å². The Balaban J connectivity index is 2.75. The second-order valence-electron chi connectivity index (χ2n) is 3.59. The van der Waals surface area contributed by atoms with Gasteiger partial charge in [0.25, 0.3) is 5.56 Å². The molecule has 7 nitrogen and oxygen atoms in total. The van der Waals surface area contributed by atoms with E-state index in [2.05, 4.69) is 0 Å². The van der Waals surface area contributed by atoms with Gasteiger partial charge in [-0.1, -0.05) is 0 Å². The standard InChI is InChI=1S/C12H6N4O3/c13-5-7-1-2-9(3-8(7)6-14)16-11(18)4-10(17)15-12(16)19/h1-4,18H,(H,15,17,19). The monoisotopic (exact) mass is 254 g/mol. The lowest BCUT2D eigenvalue weighted by Crippen LogP contribution is -2.28. The highest BCUT2D eigenvalue weighted by Gasteiger charge is 2.10. The average Bonchev–Trinajstić information content (AvgIpc) is 2.37. The van der Waals surface area contributed by atoms with Gasteiger partial charge in [0.15, 0.2) is 0 Å². The van der Waals surface area contributed by atoms with E-state index in [0.29, 0.717) is 0 Å². The predicted octanol–water partition coefficient (Wildman–Crippen LogP) is -0.0252. The van der Waals surface area contributed by atoms with E-state index in [4.69, 9.17) is 10.5 Å². The maximum Gasteiger partial charge on any atom is 0.335 e. The SMILES string of the molecule is N#Cc1ccc(-n2c(O)cc(=O)[nH]c2=O)cc1C#N. The largest absolute Gasteiger partial charge is 0.494 e. The Morgan fingerprint density at radius 1 is 1.11 bits per heavy atom. The summed E-state index contributed by atoms with van der Waals surface area (Å²) in [5.74, 6) is -0.553. The molecule has 0 bridgehead atoms. The number of hydrogen-bond donors (Lipinski definition) is 2. The van der Waals surface area contributed by atoms with Crippen LogP contribution < -0.4 is 11.2 Å². The van der Waals surface area contributed by atoms with E-state index in [9.17, 15) is 14.7 Å². The van der Waals surface area contributed by atoms with Crippen molar-refractivity contribution in [2.75, 3.05) is 0 Å². The molecule has 0 aliphatic carbocycles. The summed E-state index contributed by atoms with van der Waals surface area (Å²) in [6.07, 6.45) is 0. The van der Waals surface area contributed by atoms with Gasteiger partial charge in [-0.3, -0.25) is 9.78 Å². The molecular formula is C12H6N4O3. The lowest BCUT2D eigenvalue weighted by atomic mass is 10.1. The van der Waals surface area contributed by atoms with Crippen molar-refractivity contribution < 1.29 is 5.11 Å². The Bertz CT molecular complexity index is 849. The topological polar surface area (TPSA) is 123 Å². The fraction of sp³-hybridized carbons (Fsp3) is 0. The average molecular weight is 254 g/mol. The number of benzene rings is 1. The van der Waals surface area contributed by atoms with Crippen LogP contribution in [0.2, 0.25) is 0 Å². The van der Waals surface area contributed by atoms with Crippen LogP contribution in [0.1, 0.15) is 11.1 Å². The lowest BCUT2D eigenvalue weighted by molar-refractivity contribution is 0.431. The maximum absolute atomic E-state index is 11.6. The highest BCUT2D eigenvalue weighted by atomic mass is 16.3. The normalized spacial score (nSPS) is 9.58. The van der Waals surface area contributed by atoms with E-state index < -0.39 is 17.1 Å². The third-order valence-electron chi connectivity index (χ3n) is 2.42.